The van der Waals surface area contributed by atoms with Gasteiger partial charge in [-0.25, -0.2) is 4.39 Å². The molecule has 0 amide bonds. The van der Waals surface area contributed by atoms with Gasteiger partial charge in [-0.1, -0.05) is 24.3 Å². The van der Waals surface area contributed by atoms with Crippen LogP contribution in [0.4, 0.5) is 4.39 Å². The lowest BCUT2D eigenvalue weighted by Crippen LogP contribution is -2.00. The molecule has 0 radical (unpaired) electrons. The molecule has 0 spiro atoms. The zero-order valence-corrected chi connectivity index (χ0v) is 10.4. The van der Waals surface area contributed by atoms with E-state index in [4.69, 9.17) is 9.47 Å². The standard InChI is InChI=1S/C15H15FO2/c1-11-5-3-7-13(9-11)18-10-12-6-4-8-14(17-2)15(12)16/h3-9H,10H2,1-2H3. The molecule has 2 rings (SSSR count). The monoisotopic (exact) mass is 246 g/mol. The van der Waals surface area contributed by atoms with Crippen molar-refractivity contribution in [3.05, 3.63) is 59.4 Å². The van der Waals surface area contributed by atoms with Crippen molar-refractivity contribution in [1.29, 1.82) is 0 Å². The fourth-order valence-corrected chi connectivity index (χ4v) is 1.69. The molecule has 0 aromatic heterocycles. The fraction of sp³-hybridized carbons (Fsp3) is 0.200. The molecule has 2 nitrogen and oxygen atoms in total. The molecule has 0 saturated carbocycles. The summed E-state index contributed by atoms with van der Waals surface area (Å²) in [5.41, 5.74) is 1.59. The molecular weight excluding hydrogens is 231 g/mol. The Morgan fingerprint density at radius 1 is 1.11 bits per heavy atom. The Hall–Kier alpha value is -2.03. The maximum Gasteiger partial charge on any atom is 0.171 e. The highest BCUT2D eigenvalue weighted by Crippen LogP contribution is 2.21. The smallest absolute Gasteiger partial charge is 0.171 e. The predicted molar refractivity (Wildman–Crippen MR) is 68.5 cm³/mol. The van der Waals surface area contributed by atoms with Crippen molar-refractivity contribution in [2.75, 3.05) is 7.11 Å². The summed E-state index contributed by atoms with van der Waals surface area (Å²) in [5.74, 6) is 0.602. The Bertz CT molecular complexity index is 538. The van der Waals surface area contributed by atoms with Gasteiger partial charge in [0, 0.05) is 5.56 Å². The van der Waals surface area contributed by atoms with Gasteiger partial charge in [-0.15, -0.1) is 0 Å². The summed E-state index contributed by atoms with van der Waals surface area (Å²) in [6.07, 6.45) is 0. The van der Waals surface area contributed by atoms with E-state index in [1.807, 2.05) is 31.2 Å². The van der Waals surface area contributed by atoms with Gasteiger partial charge in [-0.05, 0) is 30.7 Å². The van der Waals surface area contributed by atoms with Crippen LogP contribution in [0.2, 0.25) is 0 Å². The van der Waals surface area contributed by atoms with E-state index in [0.717, 1.165) is 11.3 Å². The van der Waals surface area contributed by atoms with Crippen molar-refractivity contribution < 1.29 is 13.9 Å². The molecule has 0 aliphatic heterocycles. The van der Waals surface area contributed by atoms with Crippen molar-refractivity contribution in [3.63, 3.8) is 0 Å². The van der Waals surface area contributed by atoms with Crippen LogP contribution in [-0.4, -0.2) is 7.11 Å². The Morgan fingerprint density at radius 3 is 2.61 bits per heavy atom. The van der Waals surface area contributed by atoms with Crippen LogP contribution in [0.15, 0.2) is 42.5 Å². The topological polar surface area (TPSA) is 18.5 Å². The molecule has 0 saturated heterocycles. The number of benzene rings is 2. The van der Waals surface area contributed by atoms with Crippen molar-refractivity contribution in [2.45, 2.75) is 13.5 Å². The van der Waals surface area contributed by atoms with E-state index in [2.05, 4.69) is 0 Å². The molecule has 3 heteroatoms. The van der Waals surface area contributed by atoms with E-state index in [-0.39, 0.29) is 18.2 Å². The average molecular weight is 246 g/mol. The van der Waals surface area contributed by atoms with Crippen LogP contribution in [-0.2, 0) is 6.61 Å². The molecule has 0 atom stereocenters. The Morgan fingerprint density at radius 2 is 1.89 bits per heavy atom. The number of hydrogen-bond acceptors (Lipinski definition) is 2. The van der Waals surface area contributed by atoms with E-state index >= 15 is 0 Å². The van der Waals surface area contributed by atoms with Gasteiger partial charge >= 0.3 is 0 Å². The number of hydrogen-bond donors (Lipinski definition) is 0. The van der Waals surface area contributed by atoms with Crippen molar-refractivity contribution >= 4 is 0 Å². The van der Waals surface area contributed by atoms with Crippen LogP contribution < -0.4 is 9.47 Å². The highest BCUT2D eigenvalue weighted by atomic mass is 19.1. The van der Waals surface area contributed by atoms with Gasteiger partial charge in [-0.3, -0.25) is 0 Å². The number of methoxy groups -OCH3 is 1. The van der Waals surface area contributed by atoms with Crippen molar-refractivity contribution in [2.24, 2.45) is 0 Å². The summed E-state index contributed by atoms with van der Waals surface area (Å²) in [7, 11) is 1.45. The molecule has 0 heterocycles. The molecule has 0 N–H and O–H groups in total. The van der Waals surface area contributed by atoms with Crippen LogP contribution in [0.1, 0.15) is 11.1 Å². The molecule has 18 heavy (non-hydrogen) atoms. The van der Waals surface area contributed by atoms with Gasteiger partial charge in [0.25, 0.3) is 0 Å². The first-order valence-electron chi connectivity index (χ1n) is 5.71. The minimum Gasteiger partial charge on any atom is -0.494 e. The summed E-state index contributed by atoms with van der Waals surface area (Å²) in [6, 6.07) is 12.7. The van der Waals surface area contributed by atoms with Gasteiger partial charge in [0.05, 0.1) is 7.11 Å². The largest absolute Gasteiger partial charge is 0.494 e. The summed E-state index contributed by atoms with van der Waals surface area (Å²) in [4.78, 5) is 0. The molecule has 0 aliphatic carbocycles. The van der Waals surface area contributed by atoms with Crippen LogP contribution in [0.25, 0.3) is 0 Å². The molecule has 0 unspecified atom stereocenters. The SMILES string of the molecule is COc1cccc(COc2cccc(C)c2)c1F. The quantitative estimate of drug-likeness (QED) is 0.818. The minimum absolute atomic E-state index is 0.187. The maximum atomic E-state index is 13.8. The Kier molecular flexibility index (Phi) is 3.82. The number of ether oxygens (including phenoxy) is 2. The maximum absolute atomic E-state index is 13.8. The van der Waals surface area contributed by atoms with Gasteiger partial charge in [-0.2, -0.15) is 0 Å². The molecular formula is C15H15FO2. The van der Waals surface area contributed by atoms with Crippen molar-refractivity contribution in [3.8, 4) is 11.5 Å². The Balaban J connectivity index is 2.11. The van der Waals surface area contributed by atoms with E-state index in [1.54, 1.807) is 18.2 Å². The summed E-state index contributed by atoms with van der Waals surface area (Å²) < 4.78 is 24.3. The molecule has 0 fully saturated rings. The molecule has 0 aliphatic rings. The summed E-state index contributed by atoms with van der Waals surface area (Å²) in [6.45, 7) is 2.17. The summed E-state index contributed by atoms with van der Waals surface area (Å²) >= 11 is 0. The normalized spacial score (nSPS) is 10.2. The molecule has 94 valence electrons. The summed E-state index contributed by atoms with van der Waals surface area (Å²) in [5, 5.41) is 0. The second-order valence-corrected chi connectivity index (χ2v) is 4.04. The van der Waals surface area contributed by atoms with E-state index < -0.39 is 0 Å². The first-order valence-corrected chi connectivity index (χ1v) is 5.71. The highest BCUT2D eigenvalue weighted by Gasteiger charge is 2.08. The van der Waals surface area contributed by atoms with Crippen molar-refractivity contribution in [1.82, 2.24) is 0 Å². The lowest BCUT2D eigenvalue weighted by atomic mass is 10.2. The molecule has 2 aromatic carbocycles. The van der Waals surface area contributed by atoms with Crippen LogP contribution in [0.5, 0.6) is 11.5 Å². The van der Waals surface area contributed by atoms with Crippen LogP contribution in [0.3, 0.4) is 0 Å². The fourth-order valence-electron chi connectivity index (χ4n) is 1.69. The average Bonchev–Trinajstić information content (AvgIpc) is 2.38. The van der Waals surface area contributed by atoms with E-state index in [9.17, 15) is 4.39 Å². The second kappa shape index (κ2) is 5.54. The van der Waals surface area contributed by atoms with Crippen LogP contribution >= 0.6 is 0 Å². The van der Waals surface area contributed by atoms with Gasteiger partial charge in [0.1, 0.15) is 12.4 Å². The third-order valence-electron chi connectivity index (χ3n) is 2.65. The third kappa shape index (κ3) is 2.80. The number of rotatable bonds is 4. The lowest BCUT2D eigenvalue weighted by molar-refractivity contribution is 0.295. The van der Waals surface area contributed by atoms with Crippen LogP contribution in [0, 0.1) is 12.7 Å². The zero-order valence-electron chi connectivity index (χ0n) is 10.4. The van der Waals surface area contributed by atoms with E-state index in [0.29, 0.717) is 5.56 Å². The second-order valence-electron chi connectivity index (χ2n) is 4.04. The molecule has 0 bridgehead atoms. The zero-order chi connectivity index (χ0) is 13.0. The van der Waals surface area contributed by atoms with E-state index in [1.165, 1.54) is 7.11 Å². The van der Waals surface area contributed by atoms with Gasteiger partial charge in [0.15, 0.2) is 11.6 Å². The lowest BCUT2D eigenvalue weighted by Gasteiger charge is -2.09. The predicted octanol–water partition coefficient (Wildman–Crippen LogP) is 3.72. The third-order valence-corrected chi connectivity index (χ3v) is 2.65. The number of halogens is 1. The first-order chi connectivity index (χ1) is 8.70. The highest BCUT2D eigenvalue weighted by molar-refractivity contribution is 5.32. The number of aryl methyl sites for hydroxylation is 1. The van der Waals surface area contributed by atoms with Gasteiger partial charge < -0.3 is 9.47 Å². The minimum atomic E-state index is -0.368. The van der Waals surface area contributed by atoms with Gasteiger partial charge in [0.2, 0.25) is 0 Å². The first kappa shape index (κ1) is 12.4. The molecule has 2 aromatic rings. The Labute approximate surface area is 106 Å².